The molecule has 2 heterocycles. The number of carbonyl (C=O) groups excluding carboxylic acids is 1. The van der Waals surface area contributed by atoms with E-state index in [-0.39, 0.29) is 29.7 Å². The second-order valence-electron chi connectivity index (χ2n) is 6.96. The highest BCUT2D eigenvalue weighted by atomic mass is 19.3. The number of rotatable bonds is 6. The third-order valence-electron chi connectivity index (χ3n) is 4.63. The van der Waals surface area contributed by atoms with E-state index in [2.05, 4.69) is 14.7 Å². The molecule has 0 fully saturated rings. The smallest absolute Gasteiger partial charge is 0.387 e. The number of hydrogen-bond acceptors (Lipinski definition) is 5. The molecule has 0 N–H and O–H groups in total. The number of halogens is 2. The first-order chi connectivity index (χ1) is 13.4. The lowest BCUT2D eigenvalue weighted by Gasteiger charge is -2.28. The lowest BCUT2D eigenvalue weighted by Crippen LogP contribution is -2.37. The molecule has 0 radical (unpaired) electrons. The number of benzene rings is 1. The maximum Gasteiger partial charge on any atom is 0.387 e. The van der Waals surface area contributed by atoms with Gasteiger partial charge in [0, 0.05) is 18.7 Å². The Balaban J connectivity index is 1.72. The first-order valence-corrected chi connectivity index (χ1v) is 9.11. The Labute approximate surface area is 162 Å². The highest BCUT2D eigenvalue weighted by Crippen LogP contribution is 2.30. The first-order valence-electron chi connectivity index (χ1n) is 9.11. The second kappa shape index (κ2) is 8.50. The molecule has 1 amide bonds. The highest BCUT2D eigenvalue weighted by molar-refractivity contribution is 5.79. The van der Waals surface area contributed by atoms with Crippen LogP contribution in [-0.4, -0.2) is 41.0 Å². The third kappa shape index (κ3) is 4.55. The molecular weight excluding hydrogens is 368 g/mol. The number of amides is 1. The predicted molar refractivity (Wildman–Crippen MR) is 98.6 cm³/mol. The molecule has 0 aliphatic carbocycles. The van der Waals surface area contributed by atoms with E-state index in [1.807, 2.05) is 20.0 Å². The Morgan fingerprint density at radius 3 is 2.75 bits per heavy atom. The topological polar surface area (TPSA) is 64.5 Å². The maximum absolute atomic E-state index is 12.7. The van der Waals surface area contributed by atoms with Crippen LogP contribution in [-0.2, 0) is 24.2 Å². The van der Waals surface area contributed by atoms with Crippen LogP contribution in [0.3, 0.4) is 0 Å². The molecule has 0 bridgehead atoms. The number of alkyl halides is 2. The van der Waals surface area contributed by atoms with E-state index in [1.54, 1.807) is 11.0 Å². The molecule has 0 saturated carbocycles. The van der Waals surface area contributed by atoms with Crippen molar-refractivity contribution >= 4 is 5.91 Å². The van der Waals surface area contributed by atoms with Crippen LogP contribution in [0.15, 0.2) is 24.4 Å². The summed E-state index contributed by atoms with van der Waals surface area (Å²) in [6.07, 6.45) is 2.62. The van der Waals surface area contributed by atoms with Crippen LogP contribution in [0.2, 0.25) is 0 Å². The monoisotopic (exact) mass is 391 g/mol. The molecule has 0 atom stereocenters. The largest absolute Gasteiger partial charge is 0.493 e. The number of hydrogen-bond donors (Lipinski definition) is 0. The standard InChI is InChI=1S/C20H23F2N3O3/c1-12(2)19-23-10-14-6-7-25(11-15(14)24-19)18(26)9-13-4-5-16(27-3)17(8-13)28-20(21)22/h4-5,8,10,12,20H,6-7,9,11H2,1-3H3. The van der Waals surface area contributed by atoms with Crippen LogP contribution in [0.25, 0.3) is 0 Å². The van der Waals surface area contributed by atoms with Gasteiger partial charge in [0.25, 0.3) is 0 Å². The number of nitrogens with zero attached hydrogens (tertiary/aromatic N) is 3. The van der Waals surface area contributed by atoms with Crippen molar-refractivity contribution in [2.75, 3.05) is 13.7 Å². The lowest BCUT2D eigenvalue weighted by molar-refractivity contribution is -0.131. The van der Waals surface area contributed by atoms with Gasteiger partial charge in [0.05, 0.1) is 25.8 Å². The van der Waals surface area contributed by atoms with E-state index in [4.69, 9.17) is 4.74 Å². The van der Waals surface area contributed by atoms with Gasteiger partial charge in [-0.2, -0.15) is 8.78 Å². The Morgan fingerprint density at radius 2 is 2.07 bits per heavy atom. The molecule has 0 spiro atoms. The quantitative estimate of drug-likeness (QED) is 0.756. The Hall–Kier alpha value is -2.77. The molecule has 3 rings (SSSR count). The fourth-order valence-corrected chi connectivity index (χ4v) is 3.12. The van der Waals surface area contributed by atoms with Crippen molar-refractivity contribution < 1.29 is 23.0 Å². The molecule has 0 unspecified atom stereocenters. The lowest BCUT2D eigenvalue weighted by atomic mass is 10.0. The van der Waals surface area contributed by atoms with Gasteiger partial charge in [0.2, 0.25) is 5.91 Å². The van der Waals surface area contributed by atoms with Crippen molar-refractivity contribution in [2.24, 2.45) is 0 Å². The maximum atomic E-state index is 12.7. The van der Waals surface area contributed by atoms with Gasteiger partial charge in [-0.25, -0.2) is 9.97 Å². The third-order valence-corrected chi connectivity index (χ3v) is 4.63. The number of ether oxygens (including phenoxy) is 2. The van der Waals surface area contributed by atoms with Gasteiger partial charge in [0.1, 0.15) is 5.82 Å². The van der Waals surface area contributed by atoms with E-state index in [9.17, 15) is 13.6 Å². The SMILES string of the molecule is COc1ccc(CC(=O)N2CCc3cnc(C(C)C)nc3C2)cc1OC(F)F. The van der Waals surface area contributed by atoms with Gasteiger partial charge in [-0.05, 0) is 29.7 Å². The van der Waals surface area contributed by atoms with Gasteiger partial charge in [-0.1, -0.05) is 19.9 Å². The number of methoxy groups -OCH3 is 1. The summed E-state index contributed by atoms with van der Waals surface area (Å²) in [4.78, 5) is 23.5. The summed E-state index contributed by atoms with van der Waals surface area (Å²) in [6, 6.07) is 4.61. The number of carbonyl (C=O) groups is 1. The molecule has 6 nitrogen and oxygen atoms in total. The normalized spacial score (nSPS) is 13.6. The highest BCUT2D eigenvalue weighted by Gasteiger charge is 2.23. The van der Waals surface area contributed by atoms with Crippen LogP contribution < -0.4 is 9.47 Å². The molecule has 1 aliphatic heterocycles. The van der Waals surface area contributed by atoms with Crippen LogP contribution in [0.5, 0.6) is 11.5 Å². The molecule has 2 aromatic rings. The molecule has 0 saturated heterocycles. The average molecular weight is 391 g/mol. The van der Waals surface area contributed by atoms with E-state index >= 15 is 0 Å². The predicted octanol–water partition coefficient (Wildman–Crippen LogP) is 3.34. The van der Waals surface area contributed by atoms with Crippen LogP contribution in [0, 0.1) is 0 Å². The van der Waals surface area contributed by atoms with E-state index < -0.39 is 6.61 Å². The average Bonchev–Trinajstić information content (AvgIpc) is 2.66. The van der Waals surface area contributed by atoms with Crippen molar-refractivity contribution in [3.05, 3.63) is 47.0 Å². The van der Waals surface area contributed by atoms with Gasteiger partial charge in [-0.15, -0.1) is 0 Å². The van der Waals surface area contributed by atoms with E-state index in [1.165, 1.54) is 19.2 Å². The summed E-state index contributed by atoms with van der Waals surface area (Å²) in [5.74, 6) is 0.992. The molecular formula is C20H23F2N3O3. The first kappa shape index (κ1) is 20.0. The zero-order valence-corrected chi connectivity index (χ0v) is 16.1. The minimum atomic E-state index is -2.96. The minimum Gasteiger partial charge on any atom is -0.493 e. The Kier molecular flexibility index (Phi) is 6.06. The van der Waals surface area contributed by atoms with Gasteiger partial charge < -0.3 is 14.4 Å². The summed E-state index contributed by atoms with van der Waals surface area (Å²) in [6.45, 7) is 2.08. The van der Waals surface area contributed by atoms with Gasteiger partial charge in [0.15, 0.2) is 11.5 Å². The van der Waals surface area contributed by atoms with E-state index in [0.29, 0.717) is 25.1 Å². The summed E-state index contributed by atoms with van der Waals surface area (Å²) in [7, 11) is 1.37. The Bertz CT molecular complexity index is 859. The fourth-order valence-electron chi connectivity index (χ4n) is 3.12. The van der Waals surface area contributed by atoms with Crippen LogP contribution in [0.1, 0.15) is 42.4 Å². The summed E-state index contributed by atoms with van der Waals surface area (Å²) < 4.78 is 34.7. The number of aromatic nitrogens is 2. The van der Waals surface area contributed by atoms with E-state index in [0.717, 1.165) is 17.1 Å². The zero-order valence-electron chi connectivity index (χ0n) is 16.1. The van der Waals surface area contributed by atoms with Crippen LogP contribution >= 0.6 is 0 Å². The number of fused-ring (bicyclic) bond motifs is 1. The summed E-state index contributed by atoms with van der Waals surface area (Å²) in [5.41, 5.74) is 2.51. The summed E-state index contributed by atoms with van der Waals surface area (Å²) >= 11 is 0. The second-order valence-corrected chi connectivity index (χ2v) is 6.96. The van der Waals surface area contributed by atoms with Crippen molar-refractivity contribution in [1.82, 2.24) is 14.9 Å². The molecule has 8 heteroatoms. The molecule has 1 aliphatic rings. The van der Waals surface area contributed by atoms with Gasteiger partial charge in [-0.3, -0.25) is 4.79 Å². The Morgan fingerprint density at radius 1 is 1.29 bits per heavy atom. The molecule has 1 aromatic heterocycles. The van der Waals surface area contributed by atoms with Crippen molar-refractivity contribution in [3.63, 3.8) is 0 Å². The molecule has 28 heavy (non-hydrogen) atoms. The fraction of sp³-hybridized carbons (Fsp3) is 0.450. The molecule has 1 aromatic carbocycles. The zero-order chi connectivity index (χ0) is 20.3. The van der Waals surface area contributed by atoms with Crippen molar-refractivity contribution in [1.29, 1.82) is 0 Å². The van der Waals surface area contributed by atoms with Gasteiger partial charge >= 0.3 is 6.61 Å². The summed E-state index contributed by atoms with van der Waals surface area (Å²) in [5, 5.41) is 0. The van der Waals surface area contributed by atoms with Crippen LogP contribution in [0.4, 0.5) is 8.78 Å². The molecule has 150 valence electrons. The minimum absolute atomic E-state index is 0.0823. The van der Waals surface area contributed by atoms with Crippen molar-refractivity contribution in [2.45, 2.75) is 45.8 Å². The van der Waals surface area contributed by atoms with Crippen molar-refractivity contribution in [3.8, 4) is 11.5 Å².